The predicted molar refractivity (Wildman–Crippen MR) is 139 cm³/mol. The number of carbonyl (C=O) groups excluding carboxylic acids is 2. The van der Waals surface area contributed by atoms with Gasteiger partial charge in [-0.25, -0.2) is 0 Å². The van der Waals surface area contributed by atoms with Crippen LogP contribution in [0.5, 0.6) is 17.2 Å². The van der Waals surface area contributed by atoms with Crippen molar-refractivity contribution in [1.29, 1.82) is 0 Å². The van der Waals surface area contributed by atoms with Crippen LogP contribution in [0.15, 0.2) is 28.3 Å². The van der Waals surface area contributed by atoms with Crippen molar-refractivity contribution in [3.8, 4) is 17.2 Å². The van der Waals surface area contributed by atoms with Crippen molar-refractivity contribution in [3.63, 3.8) is 0 Å². The van der Waals surface area contributed by atoms with E-state index in [0.29, 0.717) is 53.8 Å². The molecule has 0 unspecified atom stereocenters. The molecule has 0 saturated heterocycles. The van der Waals surface area contributed by atoms with E-state index in [-0.39, 0.29) is 29.4 Å². The van der Waals surface area contributed by atoms with Crippen molar-refractivity contribution in [2.45, 2.75) is 46.6 Å². The number of amidine groups is 1. The summed E-state index contributed by atoms with van der Waals surface area (Å²) in [5, 5.41) is 13.3. The van der Waals surface area contributed by atoms with E-state index in [9.17, 15) is 14.7 Å². The molecule has 1 aliphatic heterocycles. The molecule has 2 aromatic rings. The molecule has 0 fully saturated rings. The minimum absolute atomic E-state index is 0.0531. The lowest BCUT2D eigenvalue weighted by Crippen LogP contribution is -2.31. The molecular formula is C26H32BrN3O5. The zero-order chi connectivity index (χ0) is 25.9. The van der Waals surface area contributed by atoms with Gasteiger partial charge in [-0.05, 0) is 49.1 Å². The second-order valence-electron chi connectivity index (χ2n) is 9.26. The van der Waals surface area contributed by atoms with Crippen LogP contribution in [0.3, 0.4) is 0 Å². The number of amides is 1. The van der Waals surface area contributed by atoms with Gasteiger partial charge in [0, 0.05) is 30.3 Å². The summed E-state index contributed by atoms with van der Waals surface area (Å²) in [7, 11) is 1.57. The van der Waals surface area contributed by atoms with Crippen LogP contribution in [0.1, 0.15) is 72.0 Å². The first kappa shape index (κ1) is 26.5. The largest absolute Gasteiger partial charge is 0.504 e. The Morgan fingerprint density at radius 1 is 1.11 bits per heavy atom. The Balaban J connectivity index is 1.96. The van der Waals surface area contributed by atoms with Gasteiger partial charge in [0.05, 0.1) is 41.5 Å². The maximum atomic E-state index is 13.4. The Kier molecular flexibility index (Phi) is 8.10. The SMILES string of the molecule is CCOc1cc2c(cc1C(=O)NC)/C(=N/Br)N(CC(=O)c1cc(OCC)c(O)c(C(C)(C)C)c1)C2. The van der Waals surface area contributed by atoms with E-state index in [1.807, 2.05) is 45.6 Å². The van der Waals surface area contributed by atoms with Crippen molar-refractivity contribution in [2.24, 2.45) is 4.02 Å². The van der Waals surface area contributed by atoms with Crippen LogP contribution >= 0.6 is 16.1 Å². The van der Waals surface area contributed by atoms with E-state index in [2.05, 4.69) is 25.5 Å². The molecule has 188 valence electrons. The summed E-state index contributed by atoms with van der Waals surface area (Å²) in [5.74, 6) is 0.983. The number of ketones is 1. The molecule has 0 aliphatic carbocycles. The standard InChI is InChI=1S/C26H32BrN3O5/c1-7-34-21-11-16-13-30(24(29-27)17(16)12-18(21)25(33)28-6)14-20(31)15-9-19(26(3,4)5)23(32)22(10-15)35-8-2/h9-12,32H,7-8,13-14H2,1-6H3,(H,28,33)/b29-24-. The Bertz CT molecular complexity index is 1170. The van der Waals surface area contributed by atoms with Crippen LogP contribution < -0.4 is 14.8 Å². The highest BCUT2D eigenvalue weighted by Crippen LogP contribution is 2.39. The van der Waals surface area contributed by atoms with E-state index >= 15 is 0 Å². The van der Waals surface area contributed by atoms with Gasteiger partial charge in [-0.3, -0.25) is 9.59 Å². The molecule has 0 aromatic heterocycles. The number of halogens is 1. The maximum absolute atomic E-state index is 13.4. The number of ether oxygens (including phenoxy) is 2. The van der Waals surface area contributed by atoms with Crippen molar-refractivity contribution >= 4 is 33.7 Å². The van der Waals surface area contributed by atoms with E-state index in [4.69, 9.17) is 9.47 Å². The Labute approximate surface area is 214 Å². The van der Waals surface area contributed by atoms with Gasteiger partial charge in [-0.2, -0.15) is 4.02 Å². The lowest BCUT2D eigenvalue weighted by molar-refractivity contribution is 0.0953. The number of hydrogen-bond donors (Lipinski definition) is 2. The summed E-state index contributed by atoms with van der Waals surface area (Å²) in [6, 6.07) is 6.89. The second kappa shape index (κ2) is 10.7. The molecule has 1 aliphatic rings. The summed E-state index contributed by atoms with van der Waals surface area (Å²) in [6.07, 6.45) is 0. The highest BCUT2D eigenvalue weighted by Gasteiger charge is 2.31. The zero-order valence-corrected chi connectivity index (χ0v) is 22.6. The monoisotopic (exact) mass is 545 g/mol. The molecule has 35 heavy (non-hydrogen) atoms. The molecule has 1 heterocycles. The molecule has 0 atom stereocenters. The van der Waals surface area contributed by atoms with Crippen LogP contribution in [0.2, 0.25) is 0 Å². The number of aromatic hydroxyl groups is 1. The predicted octanol–water partition coefficient (Wildman–Crippen LogP) is 4.60. The summed E-state index contributed by atoms with van der Waals surface area (Å²) < 4.78 is 15.5. The minimum Gasteiger partial charge on any atom is -0.504 e. The van der Waals surface area contributed by atoms with Gasteiger partial charge in [0.25, 0.3) is 5.91 Å². The number of rotatable bonds is 8. The van der Waals surface area contributed by atoms with E-state index in [0.717, 1.165) is 11.1 Å². The lowest BCUT2D eigenvalue weighted by atomic mass is 9.84. The summed E-state index contributed by atoms with van der Waals surface area (Å²) in [4.78, 5) is 27.7. The third kappa shape index (κ3) is 5.45. The first-order chi connectivity index (χ1) is 16.5. The van der Waals surface area contributed by atoms with Crippen molar-refractivity contribution < 1.29 is 24.2 Å². The molecule has 0 radical (unpaired) electrons. The second-order valence-corrected chi connectivity index (χ2v) is 9.61. The summed E-state index contributed by atoms with van der Waals surface area (Å²) in [6.45, 7) is 10.9. The van der Waals surface area contributed by atoms with Gasteiger partial charge in [0.2, 0.25) is 0 Å². The van der Waals surface area contributed by atoms with Crippen LogP contribution in [0.4, 0.5) is 0 Å². The lowest BCUT2D eigenvalue weighted by Gasteiger charge is -2.24. The molecule has 9 heteroatoms. The maximum Gasteiger partial charge on any atom is 0.254 e. The molecule has 3 rings (SSSR count). The first-order valence-corrected chi connectivity index (χ1v) is 12.3. The number of Topliss-reactive ketones (excluding diaryl/α,β-unsaturated/α-hetero) is 1. The van der Waals surface area contributed by atoms with Crippen LogP contribution in [-0.4, -0.2) is 54.3 Å². The molecule has 0 spiro atoms. The van der Waals surface area contributed by atoms with E-state index in [1.165, 1.54) is 0 Å². The van der Waals surface area contributed by atoms with Gasteiger partial charge in [0.1, 0.15) is 11.6 Å². The van der Waals surface area contributed by atoms with Crippen molar-refractivity contribution in [1.82, 2.24) is 10.2 Å². The van der Waals surface area contributed by atoms with Gasteiger partial charge in [-0.15, -0.1) is 0 Å². The third-order valence-corrected chi connectivity index (χ3v) is 6.13. The summed E-state index contributed by atoms with van der Waals surface area (Å²) in [5.41, 5.74) is 2.77. The number of nitrogens with one attached hydrogen (secondary N) is 1. The molecule has 2 N–H and O–H groups in total. The van der Waals surface area contributed by atoms with Gasteiger partial charge < -0.3 is 24.8 Å². The molecule has 1 amide bonds. The molecular weight excluding hydrogens is 514 g/mol. The van der Waals surface area contributed by atoms with Crippen LogP contribution in [0, 0.1) is 0 Å². The van der Waals surface area contributed by atoms with Gasteiger partial charge in [-0.1, -0.05) is 20.8 Å². The Morgan fingerprint density at radius 2 is 1.77 bits per heavy atom. The summed E-state index contributed by atoms with van der Waals surface area (Å²) >= 11 is 3.19. The number of fused-ring (bicyclic) bond motifs is 1. The van der Waals surface area contributed by atoms with E-state index < -0.39 is 0 Å². The fourth-order valence-electron chi connectivity index (χ4n) is 4.10. The highest BCUT2D eigenvalue weighted by atomic mass is 79.9. The zero-order valence-electron chi connectivity index (χ0n) is 21.0. The van der Waals surface area contributed by atoms with E-state index in [1.54, 1.807) is 25.2 Å². The Hall–Kier alpha value is -3.07. The van der Waals surface area contributed by atoms with Crippen molar-refractivity contribution in [3.05, 3.63) is 52.1 Å². The van der Waals surface area contributed by atoms with Gasteiger partial charge >= 0.3 is 0 Å². The topological polar surface area (TPSA) is 100 Å². The fourth-order valence-corrected chi connectivity index (χ4v) is 4.51. The number of phenols is 1. The van der Waals surface area contributed by atoms with Gasteiger partial charge in [0.15, 0.2) is 17.3 Å². The highest BCUT2D eigenvalue weighted by molar-refractivity contribution is 9.08. The minimum atomic E-state index is -0.384. The number of hydrogen-bond acceptors (Lipinski definition) is 6. The third-order valence-electron chi connectivity index (χ3n) is 5.80. The molecule has 2 aromatic carbocycles. The fraction of sp³-hybridized carbons (Fsp3) is 0.423. The smallest absolute Gasteiger partial charge is 0.254 e. The quantitative estimate of drug-likeness (QED) is 0.470. The number of benzene rings is 2. The average Bonchev–Trinajstić information content (AvgIpc) is 3.14. The number of phenolic OH excluding ortho intramolecular Hbond substituents is 1. The Morgan fingerprint density at radius 3 is 2.34 bits per heavy atom. The van der Waals surface area contributed by atoms with Crippen LogP contribution in [-0.2, 0) is 12.0 Å². The molecule has 0 bridgehead atoms. The molecule has 8 nitrogen and oxygen atoms in total. The number of carbonyl (C=O) groups is 2. The average molecular weight is 546 g/mol. The number of nitrogens with zero attached hydrogens (tertiary/aromatic N) is 2. The normalized spacial score (nSPS) is 14.1. The first-order valence-electron chi connectivity index (χ1n) is 11.5. The van der Waals surface area contributed by atoms with Crippen LogP contribution in [0.25, 0.3) is 0 Å². The molecule has 0 saturated carbocycles. The van der Waals surface area contributed by atoms with Crippen molar-refractivity contribution in [2.75, 3.05) is 26.8 Å².